The van der Waals surface area contributed by atoms with E-state index in [-0.39, 0.29) is 33.5 Å². The molecule has 1 aliphatic rings. The standard InChI is InChI=1S/C19H15F3N4O3.C7H8O3S/c20-9-1-2-15(13(21)5-9)26-8-12(19(28)29)16(27)11-6-14(22)18(24-17(11)26)25-4-3-10(23)7-25;1-6-2-4-7(5-3-6)11(8,9)10/h1-2,5-6,8,10H,3-4,7,23H2,(H,28,29);2-5H,1H3,(H,8,9,10)/t10-;/m0./s1. The maximum absolute atomic E-state index is 14.7. The predicted molar refractivity (Wildman–Crippen MR) is 140 cm³/mol. The number of aromatic carboxylic acids is 1. The number of carboxylic acids is 1. The normalized spacial score (nSPS) is 15.2. The fraction of sp³-hybridized carbons (Fsp3) is 0.192. The van der Waals surface area contributed by atoms with Crippen LogP contribution >= 0.6 is 0 Å². The molecule has 0 unspecified atom stereocenters. The quantitative estimate of drug-likeness (QED) is 0.310. The monoisotopic (exact) mass is 576 g/mol. The number of benzene rings is 2. The van der Waals surface area contributed by atoms with Crippen LogP contribution in [-0.4, -0.2) is 52.7 Å². The molecule has 0 amide bonds. The van der Waals surface area contributed by atoms with E-state index >= 15 is 0 Å². The Morgan fingerprint density at radius 1 is 1.07 bits per heavy atom. The smallest absolute Gasteiger partial charge is 0.341 e. The average Bonchev–Trinajstić information content (AvgIpc) is 3.30. The fourth-order valence-electron chi connectivity index (χ4n) is 4.14. The van der Waals surface area contributed by atoms with Crippen molar-refractivity contribution in [3.8, 4) is 5.69 Å². The Labute approximate surface area is 225 Å². The van der Waals surface area contributed by atoms with E-state index in [1.54, 1.807) is 17.0 Å². The van der Waals surface area contributed by atoms with E-state index < -0.39 is 44.5 Å². The summed E-state index contributed by atoms with van der Waals surface area (Å²) in [6.45, 7) is 2.63. The first-order valence-corrected chi connectivity index (χ1v) is 13.2. The number of rotatable bonds is 4. The number of fused-ring (bicyclic) bond motifs is 1. The minimum Gasteiger partial charge on any atom is -0.477 e. The highest BCUT2D eigenvalue weighted by atomic mass is 32.2. The van der Waals surface area contributed by atoms with Crippen molar-refractivity contribution < 1.29 is 36.0 Å². The number of anilines is 1. The SMILES string of the molecule is Cc1ccc(S(=O)(=O)O)cc1.N[C@H]1CCN(c2nc3c(cc2F)c(=O)c(C(=O)O)cn3-c2ccc(F)cc2F)C1. The molecule has 4 N–H and O–H groups in total. The lowest BCUT2D eigenvalue weighted by Gasteiger charge is -2.19. The molecular weight excluding hydrogens is 553 g/mol. The van der Waals surface area contributed by atoms with E-state index in [4.69, 9.17) is 10.3 Å². The lowest BCUT2D eigenvalue weighted by molar-refractivity contribution is 0.0695. The van der Waals surface area contributed by atoms with Gasteiger partial charge < -0.3 is 15.7 Å². The van der Waals surface area contributed by atoms with Gasteiger partial charge in [-0.15, -0.1) is 0 Å². The van der Waals surface area contributed by atoms with E-state index in [1.165, 1.54) is 12.1 Å². The van der Waals surface area contributed by atoms with Crippen LogP contribution in [0, 0.1) is 24.4 Å². The van der Waals surface area contributed by atoms with Crippen molar-refractivity contribution in [1.82, 2.24) is 9.55 Å². The van der Waals surface area contributed by atoms with Gasteiger partial charge >= 0.3 is 5.97 Å². The number of hydrogen-bond donors (Lipinski definition) is 3. The Balaban J connectivity index is 0.000000283. The summed E-state index contributed by atoms with van der Waals surface area (Å²) in [5.41, 5.74) is 4.78. The third-order valence-electron chi connectivity index (χ3n) is 6.16. The van der Waals surface area contributed by atoms with E-state index in [0.29, 0.717) is 25.6 Å². The highest BCUT2D eigenvalue weighted by Gasteiger charge is 2.26. The lowest BCUT2D eigenvalue weighted by atomic mass is 10.1. The summed E-state index contributed by atoms with van der Waals surface area (Å²) in [6, 6.07) is 9.38. The molecule has 2 aromatic heterocycles. The number of nitrogens with two attached hydrogens (primary N) is 1. The van der Waals surface area contributed by atoms with Crippen LogP contribution in [0.5, 0.6) is 0 Å². The van der Waals surface area contributed by atoms with Crippen LogP contribution in [0.1, 0.15) is 22.3 Å². The number of carboxylic acid groups (broad SMARTS) is 1. The summed E-state index contributed by atoms with van der Waals surface area (Å²) in [5, 5.41) is 9.00. The van der Waals surface area contributed by atoms with E-state index in [0.717, 1.165) is 34.5 Å². The van der Waals surface area contributed by atoms with Gasteiger partial charge in [-0.25, -0.2) is 22.9 Å². The minimum absolute atomic E-state index is 0.0666. The molecule has 1 fully saturated rings. The highest BCUT2D eigenvalue weighted by molar-refractivity contribution is 7.85. The summed E-state index contributed by atoms with van der Waals surface area (Å²) in [6.07, 6.45) is 1.52. The maximum atomic E-state index is 14.7. The molecule has 10 nitrogen and oxygen atoms in total. The fourth-order valence-corrected chi connectivity index (χ4v) is 4.62. The van der Waals surface area contributed by atoms with Gasteiger partial charge in [0.15, 0.2) is 17.3 Å². The minimum atomic E-state index is -4.02. The molecular formula is C26H23F3N4O6S. The van der Waals surface area contributed by atoms with Gasteiger partial charge in [-0.1, -0.05) is 17.7 Å². The lowest BCUT2D eigenvalue weighted by Crippen LogP contribution is -2.28. The first-order chi connectivity index (χ1) is 18.8. The Morgan fingerprint density at radius 2 is 1.75 bits per heavy atom. The molecule has 1 atom stereocenters. The number of pyridine rings is 2. The van der Waals surface area contributed by atoms with Gasteiger partial charge in [0.25, 0.3) is 10.1 Å². The maximum Gasteiger partial charge on any atom is 0.341 e. The molecule has 5 rings (SSSR count). The molecule has 2 aromatic carbocycles. The van der Waals surface area contributed by atoms with Gasteiger partial charge in [-0.2, -0.15) is 8.42 Å². The summed E-state index contributed by atoms with van der Waals surface area (Å²) >= 11 is 0. The van der Waals surface area contributed by atoms with Crippen molar-refractivity contribution in [3.05, 3.63) is 93.5 Å². The molecule has 14 heteroatoms. The van der Waals surface area contributed by atoms with Crippen molar-refractivity contribution >= 4 is 32.9 Å². The third kappa shape index (κ3) is 5.98. The van der Waals surface area contributed by atoms with Gasteiger partial charge in [0.1, 0.15) is 17.2 Å². The van der Waals surface area contributed by atoms with Gasteiger partial charge in [0.2, 0.25) is 5.43 Å². The Bertz CT molecular complexity index is 1780. The topological polar surface area (TPSA) is 156 Å². The summed E-state index contributed by atoms with van der Waals surface area (Å²) in [4.78, 5) is 29.8. The van der Waals surface area contributed by atoms with Gasteiger partial charge in [-0.3, -0.25) is 13.9 Å². The first kappa shape index (κ1) is 28.7. The van der Waals surface area contributed by atoms with Gasteiger partial charge in [-0.05, 0) is 43.7 Å². The van der Waals surface area contributed by atoms with Crippen LogP contribution in [0.15, 0.2) is 64.4 Å². The van der Waals surface area contributed by atoms with E-state index in [2.05, 4.69) is 4.98 Å². The number of halogens is 3. The van der Waals surface area contributed by atoms with Crippen LogP contribution in [0.4, 0.5) is 19.0 Å². The third-order valence-corrected chi connectivity index (χ3v) is 7.02. The number of hydrogen-bond acceptors (Lipinski definition) is 7. The number of carbonyl (C=O) groups is 1. The zero-order valence-electron chi connectivity index (χ0n) is 20.9. The predicted octanol–water partition coefficient (Wildman–Crippen LogP) is 3.28. The Morgan fingerprint density at radius 3 is 2.30 bits per heavy atom. The highest BCUT2D eigenvalue weighted by Crippen LogP contribution is 2.26. The van der Waals surface area contributed by atoms with Crippen LogP contribution in [-0.2, 0) is 10.1 Å². The second-order valence-corrected chi connectivity index (χ2v) is 10.5. The molecule has 3 heterocycles. The van der Waals surface area contributed by atoms with E-state index in [9.17, 15) is 36.3 Å². The Hall–Kier alpha value is -4.27. The van der Waals surface area contributed by atoms with Gasteiger partial charge in [0.05, 0.1) is 16.0 Å². The van der Waals surface area contributed by atoms with Crippen molar-refractivity contribution in [2.75, 3.05) is 18.0 Å². The largest absolute Gasteiger partial charge is 0.477 e. The first-order valence-electron chi connectivity index (χ1n) is 11.8. The second-order valence-electron chi connectivity index (χ2n) is 9.09. The number of aromatic nitrogens is 2. The summed E-state index contributed by atoms with van der Waals surface area (Å²) < 4.78 is 73.0. The zero-order chi connectivity index (χ0) is 29.4. The van der Waals surface area contributed by atoms with Crippen LogP contribution in [0.25, 0.3) is 16.7 Å². The molecule has 1 aliphatic heterocycles. The molecule has 0 aliphatic carbocycles. The number of nitrogens with zero attached hydrogens (tertiary/aromatic N) is 3. The molecule has 0 radical (unpaired) electrons. The molecule has 0 bridgehead atoms. The number of aryl methyl sites for hydroxylation is 1. The van der Waals surface area contributed by atoms with Crippen molar-refractivity contribution in [1.29, 1.82) is 0 Å². The van der Waals surface area contributed by atoms with Crippen LogP contribution in [0.2, 0.25) is 0 Å². The molecule has 0 spiro atoms. The van der Waals surface area contributed by atoms with Crippen molar-refractivity contribution in [2.24, 2.45) is 5.73 Å². The van der Waals surface area contributed by atoms with Gasteiger partial charge in [0, 0.05) is 31.4 Å². The summed E-state index contributed by atoms with van der Waals surface area (Å²) in [5.74, 6) is -4.30. The van der Waals surface area contributed by atoms with E-state index in [1.807, 2.05) is 6.92 Å². The van der Waals surface area contributed by atoms with Crippen molar-refractivity contribution in [3.63, 3.8) is 0 Å². The molecule has 1 saturated heterocycles. The van der Waals surface area contributed by atoms with Crippen molar-refractivity contribution in [2.45, 2.75) is 24.3 Å². The molecule has 4 aromatic rings. The second kappa shape index (κ2) is 11.1. The summed E-state index contributed by atoms with van der Waals surface area (Å²) in [7, 11) is -4.02. The molecule has 0 saturated carbocycles. The zero-order valence-corrected chi connectivity index (χ0v) is 21.7. The van der Waals surface area contributed by atoms with Crippen LogP contribution < -0.4 is 16.1 Å². The van der Waals surface area contributed by atoms with Crippen LogP contribution in [0.3, 0.4) is 0 Å². The molecule has 210 valence electrons. The molecule has 40 heavy (non-hydrogen) atoms. The average molecular weight is 577 g/mol. The Kier molecular flexibility index (Phi) is 7.95.